The molecular formula is C17H26N4O2. The smallest absolute Gasteiger partial charge is 0.234 e. The predicted octanol–water partition coefficient (Wildman–Crippen LogP) is 0.625. The molecule has 23 heavy (non-hydrogen) atoms. The van der Waals surface area contributed by atoms with Crippen LogP contribution in [0.3, 0.4) is 0 Å². The Balaban J connectivity index is 1.44. The quantitative estimate of drug-likeness (QED) is 0.805. The van der Waals surface area contributed by atoms with Gasteiger partial charge in [-0.1, -0.05) is 6.07 Å². The summed E-state index contributed by atoms with van der Waals surface area (Å²) in [7, 11) is 0. The van der Waals surface area contributed by atoms with Gasteiger partial charge in [-0.25, -0.2) is 4.98 Å². The van der Waals surface area contributed by atoms with Crippen LogP contribution in [0.4, 0.5) is 5.82 Å². The summed E-state index contributed by atoms with van der Waals surface area (Å²) in [6.45, 7) is 4.12. The zero-order valence-corrected chi connectivity index (χ0v) is 13.6. The normalized spacial score (nSPS) is 20.8. The van der Waals surface area contributed by atoms with Gasteiger partial charge in [-0.05, 0) is 37.8 Å². The number of pyridine rings is 1. The van der Waals surface area contributed by atoms with E-state index in [1.165, 1.54) is 0 Å². The van der Waals surface area contributed by atoms with Gasteiger partial charge < -0.3 is 15.3 Å². The first-order valence-corrected chi connectivity index (χ1v) is 8.51. The van der Waals surface area contributed by atoms with Crippen LogP contribution in [0, 0.1) is 0 Å². The van der Waals surface area contributed by atoms with Crippen LogP contribution in [0.2, 0.25) is 0 Å². The average molecular weight is 318 g/mol. The lowest BCUT2D eigenvalue weighted by molar-refractivity contribution is -0.125. The van der Waals surface area contributed by atoms with Crippen molar-refractivity contribution in [3.63, 3.8) is 0 Å². The second-order valence-corrected chi connectivity index (χ2v) is 6.61. The Kier molecular flexibility index (Phi) is 5.13. The van der Waals surface area contributed by atoms with E-state index in [9.17, 15) is 4.79 Å². The molecule has 0 atom stereocenters. The number of anilines is 1. The van der Waals surface area contributed by atoms with Gasteiger partial charge in [0.25, 0.3) is 0 Å². The molecular weight excluding hydrogens is 292 g/mol. The fourth-order valence-electron chi connectivity index (χ4n) is 3.47. The van der Waals surface area contributed by atoms with E-state index >= 15 is 0 Å². The van der Waals surface area contributed by atoms with Crippen molar-refractivity contribution in [2.45, 2.75) is 31.2 Å². The van der Waals surface area contributed by atoms with Crippen LogP contribution in [-0.2, 0) is 4.79 Å². The summed E-state index contributed by atoms with van der Waals surface area (Å²) >= 11 is 0. The van der Waals surface area contributed by atoms with Gasteiger partial charge in [-0.15, -0.1) is 0 Å². The van der Waals surface area contributed by atoms with Gasteiger partial charge in [0, 0.05) is 44.5 Å². The molecule has 6 nitrogen and oxygen atoms in total. The molecule has 1 aliphatic heterocycles. The summed E-state index contributed by atoms with van der Waals surface area (Å²) < 4.78 is 0. The number of hydrogen-bond donors (Lipinski definition) is 2. The average Bonchev–Trinajstić information content (AvgIpc) is 2.54. The summed E-state index contributed by atoms with van der Waals surface area (Å²) in [5, 5.41) is 12.3. The molecule has 0 unspecified atom stereocenters. The molecule has 1 aliphatic carbocycles. The molecule has 2 aliphatic rings. The van der Waals surface area contributed by atoms with Crippen LogP contribution in [0.1, 0.15) is 25.7 Å². The fourth-order valence-corrected chi connectivity index (χ4v) is 3.47. The zero-order chi connectivity index (χ0) is 16.1. The molecule has 1 aromatic heterocycles. The van der Waals surface area contributed by atoms with Crippen molar-refractivity contribution in [1.82, 2.24) is 15.2 Å². The van der Waals surface area contributed by atoms with Crippen molar-refractivity contribution in [3.05, 3.63) is 24.4 Å². The van der Waals surface area contributed by atoms with E-state index in [4.69, 9.17) is 5.11 Å². The minimum Gasteiger partial charge on any atom is -0.396 e. The highest BCUT2D eigenvalue weighted by atomic mass is 16.3. The summed E-state index contributed by atoms with van der Waals surface area (Å²) in [5.41, 5.74) is -0.137. The number of aliphatic hydroxyl groups is 1. The number of rotatable bonds is 6. The van der Waals surface area contributed by atoms with Gasteiger partial charge in [0.2, 0.25) is 5.91 Å². The molecule has 0 bridgehead atoms. The molecule has 1 saturated carbocycles. The molecule has 0 radical (unpaired) electrons. The third kappa shape index (κ3) is 4.00. The molecule has 0 aromatic carbocycles. The van der Waals surface area contributed by atoms with Crippen molar-refractivity contribution in [2.75, 3.05) is 44.2 Å². The highest BCUT2D eigenvalue weighted by Crippen LogP contribution is 2.34. The van der Waals surface area contributed by atoms with Crippen molar-refractivity contribution in [1.29, 1.82) is 0 Å². The standard InChI is InChI=1S/C17H26N4O2/c22-13-7-17(5-3-6-17)19-16(23)14-20-9-11-21(12-10-20)15-4-1-2-8-18-15/h1-2,4,8,22H,3,5-7,9-14H2,(H,19,23). The van der Waals surface area contributed by atoms with Gasteiger partial charge in [-0.3, -0.25) is 9.69 Å². The minimum absolute atomic E-state index is 0.0874. The van der Waals surface area contributed by atoms with Gasteiger partial charge >= 0.3 is 0 Å². The maximum absolute atomic E-state index is 12.3. The maximum Gasteiger partial charge on any atom is 0.234 e. The van der Waals surface area contributed by atoms with E-state index in [0.717, 1.165) is 51.3 Å². The number of amides is 1. The van der Waals surface area contributed by atoms with Gasteiger partial charge in [0.05, 0.1) is 6.54 Å². The van der Waals surface area contributed by atoms with Crippen LogP contribution in [0.5, 0.6) is 0 Å². The van der Waals surface area contributed by atoms with Gasteiger partial charge in [0.1, 0.15) is 5.82 Å². The number of hydrogen-bond acceptors (Lipinski definition) is 5. The first kappa shape index (κ1) is 16.2. The molecule has 2 heterocycles. The number of aromatic nitrogens is 1. The van der Waals surface area contributed by atoms with E-state index < -0.39 is 0 Å². The second kappa shape index (κ2) is 7.27. The molecule has 1 aromatic rings. The van der Waals surface area contributed by atoms with E-state index in [1.807, 2.05) is 24.4 Å². The Morgan fingerprint density at radius 2 is 2.04 bits per heavy atom. The van der Waals surface area contributed by atoms with E-state index in [-0.39, 0.29) is 18.1 Å². The summed E-state index contributed by atoms with van der Waals surface area (Å²) in [4.78, 5) is 21.1. The number of aliphatic hydroxyl groups excluding tert-OH is 1. The van der Waals surface area contributed by atoms with Crippen molar-refractivity contribution < 1.29 is 9.90 Å². The first-order chi connectivity index (χ1) is 11.2. The highest BCUT2D eigenvalue weighted by Gasteiger charge is 2.37. The summed E-state index contributed by atoms with van der Waals surface area (Å²) in [5.74, 6) is 1.09. The largest absolute Gasteiger partial charge is 0.396 e. The van der Waals surface area contributed by atoms with Crippen LogP contribution < -0.4 is 10.2 Å². The molecule has 3 rings (SSSR count). The van der Waals surface area contributed by atoms with E-state index in [1.54, 1.807) is 0 Å². The second-order valence-electron chi connectivity index (χ2n) is 6.61. The summed E-state index contributed by atoms with van der Waals surface area (Å²) in [6.07, 6.45) is 5.61. The minimum atomic E-state index is -0.137. The Labute approximate surface area is 137 Å². The van der Waals surface area contributed by atoms with Gasteiger partial charge in [-0.2, -0.15) is 0 Å². The lowest BCUT2D eigenvalue weighted by Crippen LogP contribution is -2.57. The fraction of sp³-hybridized carbons (Fsp3) is 0.647. The maximum atomic E-state index is 12.3. The third-order valence-corrected chi connectivity index (χ3v) is 5.02. The summed E-state index contributed by atoms with van der Waals surface area (Å²) in [6, 6.07) is 5.95. The topological polar surface area (TPSA) is 68.7 Å². The van der Waals surface area contributed by atoms with E-state index in [2.05, 4.69) is 20.1 Å². The first-order valence-electron chi connectivity index (χ1n) is 8.51. The Morgan fingerprint density at radius 1 is 1.26 bits per heavy atom. The van der Waals surface area contributed by atoms with Crippen molar-refractivity contribution in [3.8, 4) is 0 Å². The van der Waals surface area contributed by atoms with Crippen molar-refractivity contribution in [2.24, 2.45) is 0 Å². The Bertz CT molecular complexity index is 511. The number of piperazine rings is 1. The number of nitrogens with zero attached hydrogens (tertiary/aromatic N) is 3. The molecule has 2 fully saturated rings. The monoisotopic (exact) mass is 318 g/mol. The zero-order valence-electron chi connectivity index (χ0n) is 13.6. The van der Waals surface area contributed by atoms with Gasteiger partial charge in [0.15, 0.2) is 0 Å². The Hall–Kier alpha value is -1.66. The molecule has 0 spiro atoms. The molecule has 2 N–H and O–H groups in total. The van der Waals surface area contributed by atoms with Crippen LogP contribution in [0.25, 0.3) is 0 Å². The predicted molar refractivity (Wildman–Crippen MR) is 89.3 cm³/mol. The SMILES string of the molecule is O=C(CN1CCN(c2ccccn2)CC1)NC1(CCO)CCC1. The molecule has 6 heteroatoms. The Morgan fingerprint density at radius 3 is 2.61 bits per heavy atom. The number of carbonyl (C=O) groups is 1. The third-order valence-electron chi connectivity index (χ3n) is 5.02. The van der Waals surface area contributed by atoms with Crippen LogP contribution in [0.15, 0.2) is 24.4 Å². The molecule has 1 saturated heterocycles. The number of nitrogens with one attached hydrogen (secondary N) is 1. The van der Waals surface area contributed by atoms with E-state index in [0.29, 0.717) is 13.0 Å². The molecule has 126 valence electrons. The lowest BCUT2D eigenvalue weighted by atomic mass is 9.74. The highest BCUT2D eigenvalue weighted by molar-refractivity contribution is 5.79. The van der Waals surface area contributed by atoms with Crippen LogP contribution >= 0.6 is 0 Å². The lowest BCUT2D eigenvalue weighted by Gasteiger charge is -2.43. The van der Waals surface area contributed by atoms with Crippen molar-refractivity contribution >= 4 is 11.7 Å². The number of carbonyl (C=O) groups excluding carboxylic acids is 1. The van der Waals surface area contributed by atoms with Crippen LogP contribution in [-0.4, -0.2) is 65.8 Å². The molecule has 1 amide bonds.